The van der Waals surface area contributed by atoms with Crippen molar-refractivity contribution in [3.05, 3.63) is 48.3 Å². The topological polar surface area (TPSA) is 92.4 Å². The van der Waals surface area contributed by atoms with Crippen LogP contribution in [0.25, 0.3) is 0 Å². The predicted octanol–water partition coefficient (Wildman–Crippen LogP) is 2.30. The summed E-state index contributed by atoms with van der Waals surface area (Å²) in [7, 11) is 0. The number of nitrogens with one attached hydrogen (secondary N) is 3. The Morgan fingerprint density at radius 3 is 3.04 bits per heavy atom. The van der Waals surface area contributed by atoms with Crippen molar-refractivity contribution in [2.24, 2.45) is 0 Å². The zero-order valence-electron chi connectivity index (χ0n) is 12.5. The van der Waals surface area contributed by atoms with Crippen molar-refractivity contribution in [1.82, 2.24) is 10.3 Å². The monoisotopic (exact) mass is 312 g/mol. The van der Waals surface area contributed by atoms with Gasteiger partial charge in [-0.15, -0.1) is 0 Å². The molecule has 3 N–H and O–H groups in total. The number of hydrogen-bond acceptors (Lipinski definition) is 4. The minimum absolute atomic E-state index is 0.0215. The first-order chi connectivity index (χ1) is 11.1. The van der Waals surface area contributed by atoms with Gasteiger partial charge in [0.2, 0.25) is 0 Å². The average molecular weight is 312 g/mol. The first-order valence-electron chi connectivity index (χ1n) is 7.16. The highest BCUT2D eigenvalue weighted by Gasteiger charge is 2.18. The highest BCUT2D eigenvalue weighted by Crippen LogP contribution is 2.30. The Labute approximate surface area is 133 Å². The first kappa shape index (κ1) is 14.8. The molecule has 1 aliphatic rings. The molecule has 2 aromatic rings. The van der Waals surface area contributed by atoms with E-state index >= 15 is 0 Å². The van der Waals surface area contributed by atoms with Crippen LogP contribution in [0.3, 0.4) is 0 Å². The second-order valence-corrected chi connectivity index (χ2v) is 5.15. The van der Waals surface area contributed by atoms with E-state index < -0.39 is 0 Å². The lowest BCUT2D eigenvalue weighted by atomic mass is 10.1. The summed E-state index contributed by atoms with van der Waals surface area (Å²) in [4.78, 5) is 27.3. The molecule has 118 valence electrons. The summed E-state index contributed by atoms with van der Waals surface area (Å²) in [5.41, 5.74) is 2.08. The Morgan fingerprint density at radius 2 is 2.26 bits per heavy atom. The lowest BCUT2D eigenvalue weighted by molar-refractivity contribution is -0.118. The molecule has 1 aliphatic heterocycles. The number of aromatic nitrogens is 1. The van der Waals surface area contributed by atoms with Crippen molar-refractivity contribution in [3.8, 4) is 5.75 Å². The number of urea groups is 1. The number of nitrogens with zero attached hydrogens (tertiary/aromatic N) is 1. The Morgan fingerprint density at radius 1 is 1.39 bits per heavy atom. The molecule has 0 fully saturated rings. The summed E-state index contributed by atoms with van der Waals surface area (Å²) in [5.74, 6) is 0.435. The molecule has 0 bridgehead atoms. The highest BCUT2D eigenvalue weighted by molar-refractivity contribution is 5.95. The van der Waals surface area contributed by atoms with Gasteiger partial charge in [-0.25, -0.2) is 4.79 Å². The Hall–Kier alpha value is -3.09. The van der Waals surface area contributed by atoms with Crippen molar-refractivity contribution < 1.29 is 14.3 Å². The maximum atomic E-state index is 12.0. The number of amides is 3. The number of ether oxygens (including phenoxy) is 1. The van der Waals surface area contributed by atoms with Crippen molar-refractivity contribution in [1.29, 1.82) is 0 Å². The zero-order valence-corrected chi connectivity index (χ0v) is 12.5. The third kappa shape index (κ3) is 3.57. The van der Waals surface area contributed by atoms with Gasteiger partial charge >= 0.3 is 6.03 Å². The molecule has 0 saturated heterocycles. The second kappa shape index (κ2) is 6.35. The summed E-state index contributed by atoms with van der Waals surface area (Å²) >= 11 is 0. The molecule has 7 heteroatoms. The molecule has 1 aromatic carbocycles. The standard InChI is InChI=1S/C16H16N4O3/c1-10(18-16(22)19-12-3-2-6-17-8-12)11-4-5-14-13(7-11)20-15(21)9-23-14/h2-8,10H,9H2,1H3,(H,20,21)(H2,18,19,22)/t10-/m1/s1. The van der Waals surface area contributed by atoms with E-state index in [1.807, 2.05) is 13.0 Å². The number of benzene rings is 1. The van der Waals surface area contributed by atoms with Crippen LogP contribution in [0.2, 0.25) is 0 Å². The number of carbonyl (C=O) groups excluding carboxylic acids is 2. The van der Waals surface area contributed by atoms with Crippen LogP contribution in [-0.2, 0) is 4.79 Å². The Balaban J connectivity index is 1.66. The largest absolute Gasteiger partial charge is 0.482 e. The van der Waals surface area contributed by atoms with E-state index in [2.05, 4.69) is 20.9 Å². The molecule has 3 rings (SSSR count). The van der Waals surface area contributed by atoms with Crippen LogP contribution in [0.15, 0.2) is 42.7 Å². The third-order valence-electron chi connectivity index (χ3n) is 3.40. The van der Waals surface area contributed by atoms with Gasteiger partial charge in [-0.2, -0.15) is 0 Å². The van der Waals surface area contributed by atoms with Crippen molar-refractivity contribution in [2.45, 2.75) is 13.0 Å². The maximum Gasteiger partial charge on any atom is 0.319 e. The molecule has 7 nitrogen and oxygen atoms in total. The number of hydrogen-bond donors (Lipinski definition) is 3. The van der Waals surface area contributed by atoms with E-state index in [0.29, 0.717) is 17.1 Å². The van der Waals surface area contributed by atoms with Crippen LogP contribution in [0.1, 0.15) is 18.5 Å². The molecule has 1 aromatic heterocycles. The van der Waals surface area contributed by atoms with E-state index in [4.69, 9.17) is 4.74 Å². The predicted molar refractivity (Wildman–Crippen MR) is 85.4 cm³/mol. The van der Waals surface area contributed by atoms with Gasteiger partial charge in [0.05, 0.1) is 23.6 Å². The molecule has 2 heterocycles. The SMILES string of the molecule is C[C@@H](NC(=O)Nc1cccnc1)c1ccc2c(c1)NC(=O)CO2. The summed E-state index contributed by atoms with van der Waals surface area (Å²) in [5, 5.41) is 8.28. The van der Waals surface area contributed by atoms with Crippen LogP contribution in [0.4, 0.5) is 16.2 Å². The molecule has 0 saturated carbocycles. The van der Waals surface area contributed by atoms with Gasteiger partial charge in [-0.3, -0.25) is 9.78 Å². The quantitative estimate of drug-likeness (QED) is 0.811. The fourth-order valence-electron chi connectivity index (χ4n) is 2.25. The Bertz CT molecular complexity index is 733. The fraction of sp³-hybridized carbons (Fsp3) is 0.188. The minimum atomic E-state index is -0.330. The van der Waals surface area contributed by atoms with E-state index in [1.165, 1.54) is 0 Å². The van der Waals surface area contributed by atoms with Crippen molar-refractivity contribution in [3.63, 3.8) is 0 Å². The van der Waals surface area contributed by atoms with Gasteiger partial charge in [-0.1, -0.05) is 6.07 Å². The average Bonchev–Trinajstić information content (AvgIpc) is 2.54. The smallest absolute Gasteiger partial charge is 0.319 e. The molecule has 23 heavy (non-hydrogen) atoms. The number of rotatable bonds is 3. The van der Waals surface area contributed by atoms with Crippen LogP contribution < -0.4 is 20.7 Å². The Kier molecular flexibility index (Phi) is 4.09. The molecule has 1 atom stereocenters. The number of carbonyl (C=O) groups is 2. The van der Waals surface area contributed by atoms with Gasteiger partial charge in [0, 0.05) is 6.20 Å². The number of anilines is 2. The van der Waals surface area contributed by atoms with Gasteiger partial charge in [0.15, 0.2) is 6.61 Å². The molecular formula is C16H16N4O3. The minimum Gasteiger partial charge on any atom is -0.482 e. The molecule has 0 spiro atoms. The highest BCUT2D eigenvalue weighted by atomic mass is 16.5. The van der Waals surface area contributed by atoms with Gasteiger partial charge in [0.25, 0.3) is 5.91 Å². The molecule has 0 aliphatic carbocycles. The molecule has 0 unspecified atom stereocenters. The number of fused-ring (bicyclic) bond motifs is 1. The van der Waals surface area contributed by atoms with Gasteiger partial charge in [0.1, 0.15) is 5.75 Å². The summed E-state index contributed by atoms with van der Waals surface area (Å²) < 4.78 is 5.31. The van der Waals surface area contributed by atoms with Crippen molar-refractivity contribution in [2.75, 3.05) is 17.2 Å². The lowest BCUT2D eigenvalue weighted by Gasteiger charge is -2.21. The first-order valence-corrected chi connectivity index (χ1v) is 7.16. The van der Waals surface area contributed by atoms with Crippen LogP contribution in [-0.4, -0.2) is 23.5 Å². The zero-order chi connectivity index (χ0) is 16.2. The second-order valence-electron chi connectivity index (χ2n) is 5.15. The van der Waals surface area contributed by atoms with E-state index in [1.54, 1.807) is 36.7 Å². The van der Waals surface area contributed by atoms with Gasteiger partial charge < -0.3 is 20.7 Å². The molecule has 0 radical (unpaired) electrons. The fourth-order valence-corrected chi connectivity index (χ4v) is 2.25. The van der Waals surface area contributed by atoms with Crippen molar-refractivity contribution >= 4 is 23.3 Å². The normalized spacial score (nSPS) is 14.0. The van der Waals surface area contributed by atoms with E-state index in [0.717, 1.165) is 5.56 Å². The third-order valence-corrected chi connectivity index (χ3v) is 3.40. The molecule has 3 amide bonds. The van der Waals surface area contributed by atoms with Crippen LogP contribution in [0, 0.1) is 0 Å². The summed E-state index contributed by atoms with van der Waals surface area (Å²) in [6.45, 7) is 1.88. The van der Waals surface area contributed by atoms with Gasteiger partial charge in [-0.05, 0) is 36.8 Å². The van der Waals surface area contributed by atoms with Crippen LogP contribution in [0.5, 0.6) is 5.75 Å². The van der Waals surface area contributed by atoms with E-state index in [-0.39, 0.29) is 24.6 Å². The van der Waals surface area contributed by atoms with E-state index in [9.17, 15) is 9.59 Å². The maximum absolute atomic E-state index is 12.0. The van der Waals surface area contributed by atoms with Crippen LogP contribution >= 0.6 is 0 Å². The number of pyridine rings is 1. The lowest BCUT2D eigenvalue weighted by Crippen LogP contribution is -2.31. The molecular weight excluding hydrogens is 296 g/mol. The summed E-state index contributed by atoms with van der Waals surface area (Å²) in [6, 6.07) is 8.35. The summed E-state index contributed by atoms with van der Waals surface area (Å²) in [6.07, 6.45) is 3.20.